The summed E-state index contributed by atoms with van der Waals surface area (Å²) in [6.07, 6.45) is 1.000. The third kappa shape index (κ3) is 4.03. The van der Waals surface area contributed by atoms with E-state index >= 15 is 0 Å². The minimum absolute atomic E-state index is 0.0593. The van der Waals surface area contributed by atoms with Crippen LogP contribution in [0.25, 0.3) is 10.9 Å². The highest BCUT2D eigenvalue weighted by atomic mass is 19.1. The maximum Gasteiger partial charge on any atom is 0.419 e. The molecule has 0 saturated heterocycles. The van der Waals surface area contributed by atoms with Crippen LogP contribution >= 0.6 is 0 Å². The van der Waals surface area contributed by atoms with Crippen LogP contribution < -0.4 is 27.2 Å². The van der Waals surface area contributed by atoms with Crippen molar-refractivity contribution in [1.29, 1.82) is 0 Å². The number of anilines is 3. The van der Waals surface area contributed by atoms with Gasteiger partial charge in [0.15, 0.2) is 0 Å². The minimum atomic E-state index is -1.61. The summed E-state index contributed by atoms with van der Waals surface area (Å²) in [6, 6.07) is 3.22. The zero-order valence-corrected chi connectivity index (χ0v) is 15.8. The van der Waals surface area contributed by atoms with Crippen LogP contribution in [0.15, 0.2) is 35.4 Å². The van der Waals surface area contributed by atoms with Crippen LogP contribution in [0.1, 0.15) is 10.4 Å². The summed E-state index contributed by atoms with van der Waals surface area (Å²) in [5.74, 6) is -1.26. The number of halogens is 1. The predicted octanol–water partition coefficient (Wildman–Crippen LogP) is 1.12. The van der Waals surface area contributed by atoms with Gasteiger partial charge in [-0.05, 0) is 18.2 Å². The van der Waals surface area contributed by atoms with Crippen molar-refractivity contribution >= 4 is 40.2 Å². The van der Waals surface area contributed by atoms with E-state index in [-0.39, 0.29) is 22.3 Å². The Kier molecular flexibility index (Phi) is 5.88. The Morgan fingerprint density at radius 1 is 1.23 bits per heavy atom. The van der Waals surface area contributed by atoms with Gasteiger partial charge in [0.2, 0.25) is 5.95 Å². The molecular formula is C18H18FN7O4. The van der Waals surface area contributed by atoms with Crippen molar-refractivity contribution in [2.24, 2.45) is 5.73 Å². The second-order valence-electron chi connectivity index (χ2n) is 6.09. The number of benzene rings is 1. The molecule has 1 amide bonds. The Hall–Kier alpha value is -4.06. The van der Waals surface area contributed by atoms with Crippen molar-refractivity contribution in [3.8, 4) is 0 Å². The second kappa shape index (κ2) is 8.53. The molecule has 0 aliphatic rings. The van der Waals surface area contributed by atoms with Crippen LogP contribution in [-0.4, -0.2) is 51.8 Å². The second-order valence-corrected chi connectivity index (χ2v) is 6.09. The van der Waals surface area contributed by atoms with E-state index in [0.717, 1.165) is 18.2 Å². The highest BCUT2D eigenvalue weighted by Gasteiger charge is 2.21. The van der Waals surface area contributed by atoms with E-state index in [1.54, 1.807) is 0 Å². The third-order valence-electron chi connectivity index (χ3n) is 4.10. The maximum atomic E-state index is 13.9. The molecule has 1 aromatic carbocycles. The van der Waals surface area contributed by atoms with Crippen molar-refractivity contribution < 1.29 is 19.1 Å². The average Bonchev–Trinajstić information content (AvgIpc) is 2.72. The number of nitrogens with two attached hydrogens (primary N) is 1. The first-order valence-corrected chi connectivity index (χ1v) is 8.73. The molecule has 2 heterocycles. The summed E-state index contributed by atoms with van der Waals surface area (Å²) in [5, 5.41) is 17.5. The molecule has 0 fully saturated rings. The van der Waals surface area contributed by atoms with E-state index in [4.69, 9.17) is 5.73 Å². The highest BCUT2D eigenvalue weighted by Crippen LogP contribution is 2.25. The average molecular weight is 415 g/mol. The Morgan fingerprint density at radius 2 is 1.93 bits per heavy atom. The standard InChI is InChI=1S/C18H18FN7O4/c1-21-13-6-10(19)4-9-5-12(16(28)26(14(9)13)18(29)30)15(27)25-11-7-23-17(24-8-11)22-3-2-20/h4-8,21H,2-3,20H2,1H3,(H,25,27)(H,29,30)(H,22,23,24). The van der Waals surface area contributed by atoms with Crippen molar-refractivity contribution in [3.63, 3.8) is 0 Å². The molecule has 11 nitrogen and oxygen atoms in total. The number of amides is 1. The van der Waals surface area contributed by atoms with E-state index in [1.807, 2.05) is 0 Å². The topological polar surface area (TPSA) is 164 Å². The molecule has 30 heavy (non-hydrogen) atoms. The van der Waals surface area contributed by atoms with E-state index in [2.05, 4.69) is 25.9 Å². The Morgan fingerprint density at radius 3 is 2.53 bits per heavy atom. The molecule has 0 unspecified atom stereocenters. The van der Waals surface area contributed by atoms with Crippen LogP contribution in [0.5, 0.6) is 0 Å². The van der Waals surface area contributed by atoms with Crippen molar-refractivity contribution in [2.45, 2.75) is 0 Å². The minimum Gasteiger partial charge on any atom is -0.464 e. The lowest BCUT2D eigenvalue weighted by Gasteiger charge is -2.13. The monoisotopic (exact) mass is 415 g/mol. The fraction of sp³-hybridized carbons (Fsp3) is 0.167. The molecule has 6 N–H and O–H groups in total. The lowest BCUT2D eigenvalue weighted by Crippen LogP contribution is -2.33. The van der Waals surface area contributed by atoms with Gasteiger partial charge in [-0.3, -0.25) is 9.59 Å². The van der Waals surface area contributed by atoms with Gasteiger partial charge in [0.05, 0.1) is 29.3 Å². The van der Waals surface area contributed by atoms with Gasteiger partial charge in [-0.15, -0.1) is 0 Å². The van der Waals surface area contributed by atoms with Gasteiger partial charge >= 0.3 is 6.09 Å². The smallest absolute Gasteiger partial charge is 0.419 e. The Labute approximate surface area is 168 Å². The molecule has 3 aromatic rings. The number of carbonyl (C=O) groups excluding carboxylic acids is 1. The summed E-state index contributed by atoms with van der Waals surface area (Å²) >= 11 is 0. The quantitative estimate of drug-likeness (QED) is 0.397. The Balaban J connectivity index is 2.03. The highest BCUT2D eigenvalue weighted by molar-refractivity contribution is 6.07. The maximum absolute atomic E-state index is 13.9. The van der Waals surface area contributed by atoms with Crippen molar-refractivity contribution in [2.75, 3.05) is 36.1 Å². The van der Waals surface area contributed by atoms with Crippen LogP contribution in [-0.2, 0) is 0 Å². The van der Waals surface area contributed by atoms with Gasteiger partial charge in [0, 0.05) is 25.5 Å². The molecule has 0 atom stereocenters. The largest absolute Gasteiger partial charge is 0.464 e. The number of nitrogens with zero attached hydrogens (tertiary/aromatic N) is 3. The number of nitrogens with one attached hydrogen (secondary N) is 3. The normalized spacial score (nSPS) is 10.6. The number of fused-ring (bicyclic) bond motifs is 1. The summed E-state index contributed by atoms with van der Waals surface area (Å²) in [4.78, 5) is 45.1. The molecule has 0 radical (unpaired) electrons. The molecule has 12 heteroatoms. The van der Waals surface area contributed by atoms with Crippen LogP contribution in [0, 0.1) is 5.82 Å². The SMILES string of the molecule is CNc1cc(F)cc2cc(C(=O)Nc3cnc(NCCN)nc3)c(=O)n(C(=O)O)c12. The number of carboxylic acid groups (broad SMARTS) is 1. The van der Waals surface area contributed by atoms with Crippen LogP contribution in [0.4, 0.5) is 26.5 Å². The summed E-state index contributed by atoms with van der Waals surface area (Å²) in [7, 11) is 1.46. The lowest BCUT2D eigenvalue weighted by molar-refractivity contribution is 0.102. The van der Waals surface area contributed by atoms with Gasteiger partial charge in [-0.2, -0.15) is 0 Å². The summed E-state index contributed by atoms with van der Waals surface area (Å²) in [6.45, 7) is 0.845. The number of hydrogen-bond donors (Lipinski definition) is 5. The number of rotatable bonds is 6. The summed E-state index contributed by atoms with van der Waals surface area (Å²) < 4.78 is 14.3. The number of pyridine rings is 1. The number of aromatic nitrogens is 3. The predicted molar refractivity (Wildman–Crippen MR) is 109 cm³/mol. The van der Waals surface area contributed by atoms with Gasteiger partial charge < -0.3 is 26.8 Å². The molecule has 2 aromatic heterocycles. The molecule has 0 saturated carbocycles. The van der Waals surface area contributed by atoms with E-state index in [0.29, 0.717) is 23.6 Å². The first-order chi connectivity index (χ1) is 14.3. The molecule has 0 aliphatic heterocycles. The van der Waals surface area contributed by atoms with Crippen molar-refractivity contribution in [1.82, 2.24) is 14.5 Å². The van der Waals surface area contributed by atoms with Crippen molar-refractivity contribution in [3.05, 3.63) is 52.3 Å². The first-order valence-electron chi connectivity index (χ1n) is 8.73. The zero-order valence-electron chi connectivity index (χ0n) is 15.8. The van der Waals surface area contributed by atoms with Gasteiger partial charge in [-0.1, -0.05) is 0 Å². The Bertz CT molecular complexity index is 1180. The molecule has 0 bridgehead atoms. The fourth-order valence-electron chi connectivity index (χ4n) is 2.82. The van der Waals surface area contributed by atoms with Gasteiger partial charge in [-0.25, -0.2) is 23.7 Å². The molecule has 3 rings (SSSR count). The van der Waals surface area contributed by atoms with Crippen LogP contribution in [0.3, 0.4) is 0 Å². The molecule has 156 valence electrons. The zero-order chi connectivity index (χ0) is 21.8. The number of carbonyl (C=O) groups is 2. The van der Waals surface area contributed by atoms with Crippen LogP contribution in [0.2, 0.25) is 0 Å². The molecule has 0 aliphatic carbocycles. The third-order valence-corrected chi connectivity index (χ3v) is 4.10. The fourth-order valence-corrected chi connectivity index (χ4v) is 2.82. The van der Waals surface area contributed by atoms with Gasteiger partial charge in [0.1, 0.15) is 11.4 Å². The van der Waals surface area contributed by atoms with E-state index in [1.165, 1.54) is 19.4 Å². The van der Waals surface area contributed by atoms with E-state index < -0.39 is 28.9 Å². The van der Waals surface area contributed by atoms with Gasteiger partial charge in [0.25, 0.3) is 11.5 Å². The van der Waals surface area contributed by atoms with E-state index in [9.17, 15) is 23.9 Å². The lowest BCUT2D eigenvalue weighted by atomic mass is 10.1. The molecule has 0 spiro atoms. The number of hydrogen-bond acceptors (Lipinski definition) is 8. The summed E-state index contributed by atoms with van der Waals surface area (Å²) in [5.41, 5.74) is 4.02. The first kappa shape index (κ1) is 20.7. The molecular weight excluding hydrogens is 397 g/mol.